The number of carbonyl (C=O) groups is 2. The van der Waals surface area contributed by atoms with E-state index in [9.17, 15) is 9.59 Å². The molecule has 6 heteroatoms. The molecule has 1 heterocycles. The van der Waals surface area contributed by atoms with Gasteiger partial charge in [0.05, 0.1) is 18.2 Å². The van der Waals surface area contributed by atoms with Crippen LogP contribution in [0.5, 0.6) is 0 Å². The Morgan fingerprint density at radius 3 is 2.58 bits per heavy atom. The van der Waals surface area contributed by atoms with E-state index in [0.717, 1.165) is 17.5 Å². The van der Waals surface area contributed by atoms with Gasteiger partial charge < -0.3 is 10.1 Å². The highest BCUT2D eigenvalue weighted by atomic mass is 16.6. The minimum atomic E-state index is -0.645. The summed E-state index contributed by atoms with van der Waals surface area (Å²) < 4.78 is 5.05. The molecule has 6 nitrogen and oxygen atoms in total. The third-order valence-corrected chi connectivity index (χ3v) is 4.27. The largest absolute Gasteiger partial charge is 0.447 e. The number of carbonyl (C=O) groups excluding carboxylic acids is 2. The average Bonchev–Trinajstić information content (AvgIpc) is 3.04. The molecule has 1 atom stereocenters. The van der Waals surface area contributed by atoms with Crippen LogP contribution in [0.15, 0.2) is 54.6 Å². The van der Waals surface area contributed by atoms with Gasteiger partial charge >= 0.3 is 6.09 Å². The highest BCUT2D eigenvalue weighted by Gasteiger charge is 2.37. The number of cyclic esters (lactones) is 1. The molecule has 0 radical (unpaired) electrons. The van der Waals surface area contributed by atoms with E-state index < -0.39 is 12.1 Å². The molecule has 2 amide bonds. The molecular formula is C20H19N3O3. The molecular weight excluding hydrogens is 330 g/mol. The van der Waals surface area contributed by atoms with Gasteiger partial charge in [-0.3, -0.25) is 9.69 Å². The fourth-order valence-electron chi connectivity index (χ4n) is 2.82. The predicted molar refractivity (Wildman–Crippen MR) is 95.0 cm³/mol. The van der Waals surface area contributed by atoms with Crippen LogP contribution in [0, 0.1) is 11.3 Å². The molecule has 0 spiro atoms. The van der Waals surface area contributed by atoms with Crippen LogP contribution in [0.3, 0.4) is 0 Å². The molecule has 1 aliphatic heterocycles. The van der Waals surface area contributed by atoms with Gasteiger partial charge in [-0.05, 0) is 29.7 Å². The van der Waals surface area contributed by atoms with E-state index in [0.29, 0.717) is 12.1 Å². The number of nitrogens with zero attached hydrogens (tertiary/aromatic N) is 2. The predicted octanol–water partition coefficient (Wildman–Crippen LogP) is 2.24. The van der Waals surface area contributed by atoms with Gasteiger partial charge in [-0.1, -0.05) is 42.5 Å². The molecule has 0 unspecified atom stereocenters. The van der Waals surface area contributed by atoms with Crippen molar-refractivity contribution in [3.8, 4) is 6.07 Å². The maximum atomic E-state index is 12.5. The third-order valence-electron chi connectivity index (χ3n) is 4.27. The summed E-state index contributed by atoms with van der Waals surface area (Å²) in [6, 6.07) is 18.2. The van der Waals surface area contributed by atoms with Gasteiger partial charge in [0.15, 0.2) is 0 Å². The summed E-state index contributed by atoms with van der Waals surface area (Å²) in [5.41, 5.74) is 2.53. The van der Waals surface area contributed by atoms with E-state index in [1.165, 1.54) is 4.90 Å². The van der Waals surface area contributed by atoms with Crippen molar-refractivity contribution in [1.29, 1.82) is 5.26 Å². The second kappa shape index (κ2) is 8.17. The summed E-state index contributed by atoms with van der Waals surface area (Å²) in [7, 11) is 0. The highest BCUT2D eigenvalue weighted by Crippen LogP contribution is 2.17. The standard InChI is InChI=1S/C20H19N3O3/c21-12-16-6-8-17(9-7-16)13-23-18(14-26-20(23)25)19(24)22-11-10-15-4-2-1-3-5-15/h1-9,18H,10-11,13-14H2,(H,22,24)/t18-/m0/s1. The monoisotopic (exact) mass is 349 g/mol. The van der Waals surface area contributed by atoms with Crippen LogP contribution in [0.2, 0.25) is 0 Å². The van der Waals surface area contributed by atoms with Crippen LogP contribution >= 0.6 is 0 Å². The van der Waals surface area contributed by atoms with Crippen molar-refractivity contribution in [2.75, 3.05) is 13.2 Å². The second-order valence-electron chi connectivity index (χ2n) is 6.06. The maximum Gasteiger partial charge on any atom is 0.410 e. The lowest BCUT2D eigenvalue weighted by molar-refractivity contribution is -0.124. The lowest BCUT2D eigenvalue weighted by Gasteiger charge is -2.21. The maximum absolute atomic E-state index is 12.5. The van der Waals surface area contributed by atoms with E-state index in [1.807, 2.05) is 30.3 Å². The average molecular weight is 349 g/mol. The topological polar surface area (TPSA) is 82.4 Å². The van der Waals surface area contributed by atoms with Gasteiger partial charge in [-0.15, -0.1) is 0 Å². The molecule has 0 aromatic heterocycles. The highest BCUT2D eigenvalue weighted by molar-refractivity contribution is 5.87. The van der Waals surface area contributed by atoms with E-state index >= 15 is 0 Å². The molecule has 2 aromatic rings. The van der Waals surface area contributed by atoms with Crippen LogP contribution < -0.4 is 5.32 Å². The Bertz CT molecular complexity index is 812. The van der Waals surface area contributed by atoms with Gasteiger partial charge in [-0.25, -0.2) is 4.79 Å². The zero-order chi connectivity index (χ0) is 18.4. The normalized spacial score (nSPS) is 16.0. The number of nitriles is 1. The first-order chi connectivity index (χ1) is 12.7. The SMILES string of the molecule is N#Cc1ccc(CN2C(=O)OC[C@H]2C(=O)NCCc2ccccc2)cc1. The van der Waals surface area contributed by atoms with E-state index in [4.69, 9.17) is 10.00 Å². The summed E-state index contributed by atoms with van der Waals surface area (Å²) in [5, 5.41) is 11.7. The van der Waals surface area contributed by atoms with E-state index in [1.54, 1.807) is 24.3 Å². The Hall–Kier alpha value is -3.33. The number of amides is 2. The fraction of sp³-hybridized carbons (Fsp3) is 0.250. The number of ether oxygens (including phenoxy) is 1. The van der Waals surface area contributed by atoms with Crippen molar-refractivity contribution >= 4 is 12.0 Å². The van der Waals surface area contributed by atoms with Crippen LogP contribution in [-0.2, 0) is 22.5 Å². The zero-order valence-corrected chi connectivity index (χ0v) is 14.2. The smallest absolute Gasteiger partial charge is 0.410 e. The summed E-state index contributed by atoms with van der Waals surface area (Å²) in [4.78, 5) is 25.9. The Kier molecular flexibility index (Phi) is 5.49. The summed E-state index contributed by atoms with van der Waals surface area (Å²) >= 11 is 0. The molecule has 26 heavy (non-hydrogen) atoms. The molecule has 1 aliphatic rings. The first kappa shape index (κ1) is 17.5. The molecule has 3 rings (SSSR count). The van der Waals surface area contributed by atoms with Crippen LogP contribution in [0.4, 0.5) is 4.79 Å². The Balaban J connectivity index is 1.57. The minimum Gasteiger partial charge on any atom is -0.447 e. The van der Waals surface area contributed by atoms with Gasteiger partial charge in [0.1, 0.15) is 12.6 Å². The molecule has 0 aliphatic carbocycles. The number of nitrogens with one attached hydrogen (secondary N) is 1. The van der Waals surface area contributed by atoms with Crippen LogP contribution in [0.25, 0.3) is 0 Å². The number of hydrogen-bond acceptors (Lipinski definition) is 4. The minimum absolute atomic E-state index is 0.0479. The molecule has 132 valence electrons. The van der Waals surface area contributed by atoms with E-state index in [-0.39, 0.29) is 19.1 Å². The number of rotatable bonds is 6. The molecule has 1 fully saturated rings. The number of hydrogen-bond donors (Lipinski definition) is 1. The van der Waals surface area contributed by atoms with E-state index in [2.05, 4.69) is 11.4 Å². The first-order valence-corrected chi connectivity index (χ1v) is 8.41. The third kappa shape index (κ3) is 4.19. The lowest BCUT2D eigenvalue weighted by atomic mass is 10.1. The van der Waals surface area contributed by atoms with Gasteiger partial charge in [0.25, 0.3) is 0 Å². The molecule has 0 bridgehead atoms. The lowest BCUT2D eigenvalue weighted by Crippen LogP contribution is -2.45. The second-order valence-corrected chi connectivity index (χ2v) is 6.06. The van der Waals surface area contributed by atoms with Gasteiger partial charge in [0.2, 0.25) is 5.91 Å². The number of benzene rings is 2. The molecule has 1 N–H and O–H groups in total. The molecule has 0 saturated carbocycles. The zero-order valence-electron chi connectivity index (χ0n) is 14.2. The van der Waals surface area contributed by atoms with Crippen molar-refractivity contribution in [2.24, 2.45) is 0 Å². The van der Waals surface area contributed by atoms with Crippen molar-refractivity contribution in [3.63, 3.8) is 0 Å². The van der Waals surface area contributed by atoms with Crippen molar-refractivity contribution in [3.05, 3.63) is 71.3 Å². The fourth-order valence-corrected chi connectivity index (χ4v) is 2.82. The Morgan fingerprint density at radius 1 is 1.15 bits per heavy atom. The van der Waals surface area contributed by atoms with Crippen molar-refractivity contribution < 1.29 is 14.3 Å². The Labute approximate surface area is 152 Å². The van der Waals surface area contributed by atoms with Gasteiger partial charge in [-0.2, -0.15) is 5.26 Å². The van der Waals surface area contributed by atoms with Crippen LogP contribution in [0.1, 0.15) is 16.7 Å². The summed E-state index contributed by atoms with van der Waals surface area (Å²) in [6.45, 7) is 0.811. The van der Waals surface area contributed by atoms with Crippen molar-refractivity contribution in [2.45, 2.75) is 19.0 Å². The molecule has 1 saturated heterocycles. The van der Waals surface area contributed by atoms with Crippen molar-refractivity contribution in [1.82, 2.24) is 10.2 Å². The molecule has 2 aromatic carbocycles. The van der Waals surface area contributed by atoms with Crippen LogP contribution in [-0.4, -0.2) is 36.1 Å². The summed E-state index contributed by atoms with van der Waals surface area (Å²) in [5.74, 6) is -0.222. The first-order valence-electron chi connectivity index (χ1n) is 8.41. The Morgan fingerprint density at radius 2 is 1.88 bits per heavy atom. The quantitative estimate of drug-likeness (QED) is 0.867. The summed E-state index contributed by atoms with van der Waals surface area (Å²) in [6.07, 6.45) is 0.224. The van der Waals surface area contributed by atoms with Gasteiger partial charge in [0, 0.05) is 6.54 Å².